The van der Waals surface area contributed by atoms with Crippen LogP contribution in [-0.2, 0) is 11.8 Å². The number of tetrazole rings is 1. The van der Waals surface area contributed by atoms with Gasteiger partial charge in [0.2, 0.25) is 5.82 Å². The fourth-order valence-electron chi connectivity index (χ4n) is 4.36. The quantitative estimate of drug-likeness (QED) is 0.169. The summed E-state index contributed by atoms with van der Waals surface area (Å²) in [4.78, 5) is 12.6. The van der Waals surface area contributed by atoms with Gasteiger partial charge in [-0.25, -0.2) is 0 Å². The third kappa shape index (κ3) is 6.49. The summed E-state index contributed by atoms with van der Waals surface area (Å²) in [6, 6.07) is 23.8. The third-order valence-electron chi connectivity index (χ3n) is 6.63. The van der Waals surface area contributed by atoms with Gasteiger partial charge in [0.15, 0.2) is 11.2 Å². The van der Waals surface area contributed by atoms with Gasteiger partial charge in [0, 0.05) is 11.6 Å². The van der Waals surface area contributed by atoms with E-state index in [1.54, 1.807) is 6.07 Å². The second-order valence-electron chi connectivity index (χ2n) is 10.6. The number of aryl methyl sites for hydroxylation is 1. The Balaban J connectivity index is 1.16. The molecule has 0 aliphatic rings. The summed E-state index contributed by atoms with van der Waals surface area (Å²) in [5.74, 6) is 1.35. The maximum Gasteiger partial charge on any atom is 0.239 e. The minimum atomic E-state index is -0.161. The molecule has 0 radical (unpaired) electrons. The first-order valence-electron chi connectivity index (χ1n) is 13.2. The van der Waals surface area contributed by atoms with Crippen LogP contribution in [0.25, 0.3) is 34.7 Å². The topological polar surface area (TPSA) is 93.9 Å². The molecule has 3 aromatic carbocycles. The maximum atomic E-state index is 12.6. The normalized spacial score (nSPS) is 11.9. The molecular weight excluding hydrogens is 488 g/mol. The minimum Gasteiger partial charge on any atom is -0.494 e. The van der Waals surface area contributed by atoms with Gasteiger partial charge in [0.05, 0.1) is 12.0 Å². The molecular formula is C32H32N4O3. The van der Waals surface area contributed by atoms with Crippen LogP contribution in [-0.4, -0.2) is 27.2 Å². The van der Waals surface area contributed by atoms with E-state index in [0.717, 1.165) is 36.1 Å². The Morgan fingerprint density at radius 3 is 2.46 bits per heavy atom. The van der Waals surface area contributed by atoms with Gasteiger partial charge in [-0.2, -0.15) is 5.21 Å². The molecule has 0 spiro atoms. The van der Waals surface area contributed by atoms with Crippen molar-refractivity contribution in [1.82, 2.24) is 20.6 Å². The molecule has 0 saturated heterocycles. The van der Waals surface area contributed by atoms with Crippen LogP contribution in [0.3, 0.4) is 0 Å². The lowest BCUT2D eigenvalue weighted by Crippen LogP contribution is -2.10. The highest BCUT2D eigenvalue weighted by Crippen LogP contribution is 2.24. The lowest BCUT2D eigenvalue weighted by molar-refractivity contribution is 0.307. The zero-order valence-electron chi connectivity index (χ0n) is 22.5. The van der Waals surface area contributed by atoms with Crippen LogP contribution in [0.4, 0.5) is 0 Å². The predicted molar refractivity (Wildman–Crippen MR) is 155 cm³/mol. The van der Waals surface area contributed by atoms with Crippen molar-refractivity contribution in [3.63, 3.8) is 0 Å². The molecule has 198 valence electrons. The van der Waals surface area contributed by atoms with Crippen molar-refractivity contribution in [2.24, 2.45) is 0 Å². The van der Waals surface area contributed by atoms with Gasteiger partial charge >= 0.3 is 0 Å². The molecule has 1 N–H and O–H groups in total. The monoisotopic (exact) mass is 520 g/mol. The summed E-state index contributed by atoms with van der Waals surface area (Å²) < 4.78 is 11.9. The van der Waals surface area contributed by atoms with Gasteiger partial charge in [-0.15, -0.1) is 10.2 Å². The average Bonchev–Trinajstić information content (AvgIpc) is 3.47. The lowest BCUT2D eigenvalue weighted by atomic mass is 9.86. The van der Waals surface area contributed by atoms with Crippen molar-refractivity contribution in [2.75, 3.05) is 6.61 Å². The van der Waals surface area contributed by atoms with Crippen LogP contribution in [0.15, 0.2) is 82.0 Å². The molecule has 2 heterocycles. The molecule has 39 heavy (non-hydrogen) atoms. The molecule has 0 aliphatic carbocycles. The number of ether oxygens (including phenoxy) is 1. The van der Waals surface area contributed by atoms with Crippen LogP contribution < -0.4 is 10.2 Å². The minimum absolute atomic E-state index is 0.161. The Bertz CT molecular complexity index is 1610. The molecule has 0 bridgehead atoms. The van der Waals surface area contributed by atoms with Gasteiger partial charge in [-0.05, 0) is 64.8 Å². The van der Waals surface area contributed by atoms with Crippen molar-refractivity contribution < 1.29 is 9.15 Å². The summed E-state index contributed by atoms with van der Waals surface area (Å²) in [6.07, 6.45) is 7.05. The van der Waals surface area contributed by atoms with Crippen molar-refractivity contribution in [3.05, 3.63) is 105 Å². The number of unbranched alkanes of at least 4 members (excludes halogenated alkanes) is 1. The lowest BCUT2D eigenvalue weighted by Gasteiger charge is -2.19. The zero-order chi connectivity index (χ0) is 27.2. The molecule has 0 unspecified atom stereocenters. The molecule has 0 saturated carbocycles. The summed E-state index contributed by atoms with van der Waals surface area (Å²) in [7, 11) is 0. The second kappa shape index (κ2) is 11.5. The van der Waals surface area contributed by atoms with E-state index >= 15 is 0 Å². The summed E-state index contributed by atoms with van der Waals surface area (Å²) in [6.45, 7) is 7.40. The van der Waals surface area contributed by atoms with Crippen LogP contribution in [0.2, 0.25) is 0 Å². The first-order chi connectivity index (χ1) is 18.9. The number of para-hydroxylation sites is 1. The molecule has 0 atom stereocenters. The van der Waals surface area contributed by atoms with E-state index < -0.39 is 0 Å². The first-order valence-corrected chi connectivity index (χ1v) is 13.2. The fourth-order valence-corrected chi connectivity index (χ4v) is 4.36. The Hall–Kier alpha value is -4.52. The number of aromatic amines is 1. The van der Waals surface area contributed by atoms with Crippen LogP contribution in [0.1, 0.15) is 55.9 Å². The van der Waals surface area contributed by atoms with Gasteiger partial charge in [0.25, 0.3) is 0 Å². The molecule has 5 aromatic rings. The molecule has 7 heteroatoms. The van der Waals surface area contributed by atoms with Gasteiger partial charge in [-0.3, -0.25) is 4.79 Å². The largest absolute Gasteiger partial charge is 0.494 e. The summed E-state index contributed by atoms with van der Waals surface area (Å²) >= 11 is 0. The Kier molecular flexibility index (Phi) is 7.68. The van der Waals surface area contributed by atoms with E-state index in [9.17, 15) is 4.79 Å². The van der Waals surface area contributed by atoms with Crippen molar-refractivity contribution >= 4 is 23.1 Å². The number of hydrogen-bond acceptors (Lipinski definition) is 6. The number of H-pyrrole nitrogens is 1. The van der Waals surface area contributed by atoms with E-state index in [1.165, 1.54) is 17.2 Å². The highest BCUT2D eigenvalue weighted by atomic mass is 16.5. The van der Waals surface area contributed by atoms with Gasteiger partial charge < -0.3 is 9.15 Å². The number of nitrogens with one attached hydrogen (secondary N) is 1. The molecule has 5 rings (SSSR count). The number of benzene rings is 3. The van der Waals surface area contributed by atoms with Crippen LogP contribution >= 0.6 is 0 Å². The van der Waals surface area contributed by atoms with E-state index in [1.807, 2.05) is 48.6 Å². The number of aromatic nitrogens is 4. The summed E-state index contributed by atoms with van der Waals surface area (Å²) in [5, 5.41) is 14.2. The Morgan fingerprint density at radius 1 is 0.949 bits per heavy atom. The standard InChI is InChI=1S/C32H32N4O3/c1-32(2,3)25-16-11-22(12-17-25)7-4-5-20-38-26-18-13-23(14-19-26)10-15-24-8-6-9-27-28(37)21-29(39-30(24)27)31-33-35-36-34-31/h6,8-19,21H,4-5,7,20H2,1-3H3,(H,33,34,35,36)/b15-10+. The van der Waals surface area contributed by atoms with Crippen molar-refractivity contribution in [1.29, 1.82) is 0 Å². The van der Waals surface area contributed by atoms with Crippen LogP contribution in [0, 0.1) is 0 Å². The molecule has 0 aliphatic heterocycles. The SMILES string of the molecule is CC(C)(C)c1ccc(CCCCOc2ccc(/C=C/c3cccc4c(=O)cc(-c5nn[nH]n5)oc34)cc2)cc1. The van der Waals surface area contributed by atoms with Crippen molar-refractivity contribution in [3.8, 4) is 17.3 Å². The van der Waals surface area contributed by atoms with Gasteiger partial charge in [-0.1, -0.05) is 81.5 Å². The Labute approximate surface area is 227 Å². The maximum absolute atomic E-state index is 12.6. The van der Waals surface area contributed by atoms with Crippen molar-refractivity contribution in [2.45, 2.75) is 45.4 Å². The third-order valence-corrected chi connectivity index (χ3v) is 6.63. The summed E-state index contributed by atoms with van der Waals surface area (Å²) in [5.41, 5.74) is 5.03. The van der Waals surface area contributed by atoms with Gasteiger partial charge in [0.1, 0.15) is 11.3 Å². The average molecular weight is 521 g/mol. The highest BCUT2D eigenvalue weighted by Gasteiger charge is 2.13. The number of fused-ring (bicyclic) bond motifs is 1. The zero-order valence-corrected chi connectivity index (χ0v) is 22.5. The predicted octanol–water partition coefficient (Wildman–Crippen LogP) is 6.84. The highest BCUT2D eigenvalue weighted by molar-refractivity contribution is 5.89. The van der Waals surface area contributed by atoms with E-state index in [-0.39, 0.29) is 22.4 Å². The smallest absolute Gasteiger partial charge is 0.239 e. The van der Waals surface area contributed by atoms with E-state index in [0.29, 0.717) is 17.6 Å². The molecule has 7 nitrogen and oxygen atoms in total. The van der Waals surface area contributed by atoms with Crippen LogP contribution in [0.5, 0.6) is 5.75 Å². The second-order valence-corrected chi connectivity index (χ2v) is 10.6. The molecule has 0 amide bonds. The molecule has 0 fully saturated rings. The molecule has 2 aromatic heterocycles. The number of hydrogen-bond donors (Lipinski definition) is 1. The number of rotatable bonds is 9. The number of nitrogens with zero attached hydrogens (tertiary/aromatic N) is 3. The van der Waals surface area contributed by atoms with E-state index in [2.05, 4.69) is 65.7 Å². The first kappa shape index (κ1) is 26.1. The fraction of sp³-hybridized carbons (Fsp3) is 0.250. The Morgan fingerprint density at radius 2 is 1.74 bits per heavy atom. The van der Waals surface area contributed by atoms with E-state index in [4.69, 9.17) is 9.15 Å².